The Balaban J connectivity index is 1.98. The molecule has 0 aliphatic heterocycles. The lowest BCUT2D eigenvalue weighted by Gasteiger charge is -2.13. The van der Waals surface area contributed by atoms with Crippen LogP contribution in [0.4, 0.5) is 0 Å². The van der Waals surface area contributed by atoms with Crippen LogP contribution in [-0.2, 0) is 6.42 Å². The van der Waals surface area contributed by atoms with Crippen molar-refractivity contribution in [3.8, 4) is 28.4 Å². The Labute approximate surface area is 151 Å². The number of benzene rings is 3. The second-order valence-electron chi connectivity index (χ2n) is 5.39. The number of aryl methyl sites for hydroxylation is 1. The van der Waals surface area contributed by atoms with Crippen molar-refractivity contribution in [1.82, 2.24) is 0 Å². The maximum atomic E-state index is 10.1. The molecule has 0 radical (unpaired) electrons. The zero-order valence-corrected chi connectivity index (χ0v) is 14.6. The van der Waals surface area contributed by atoms with Crippen molar-refractivity contribution >= 4 is 23.2 Å². The van der Waals surface area contributed by atoms with E-state index in [9.17, 15) is 5.11 Å². The lowest BCUT2D eigenvalue weighted by molar-refractivity contribution is 0.466. The smallest absolute Gasteiger partial charge is 0.164 e. The van der Waals surface area contributed by atoms with Crippen LogP contribution in [0.25, 0.3) is 11.1 Å². The van der Waals surface area contributed by atoms with Crippen molar-refractivity contribution in [3.05, 3.63) is 76.3 Å². The molecular weight excluding hydrogens is 343 g/mol. The molecule has 0 atom stereocenters. The molecule has 3 rings (SSSR count). The molecule has 122 valence electrons. The van der Waals surface area contributed by atoms with Crippen LogP contribution in [0.2, 0.25) is 10.0 Å². The summed E-state index contributed by atoms with van der Waals surface area (Å²) in [5, 5.41) is 11.1. The fourth-order valence-electron chi connectivity index (χ4n) is 2.46. The largest absolute Gasteiger partial charge is 0.507 e. The van der Waals surface area contributed by atoms with Crippen LogP contribution in [-0.4, -0.2) is 5.11 Å². The number of hydrogen-bond donors (Lipinski definition) is 1. The van der Waals surface area contributed by atoms with Gasteiger partial charge in [-0.3, -0.25) is 0 Å². The maximum Gasteiger partial charge on any atom is 0.164 e. The molecule has 0 spiro atoms. The van der Waals surface area contributed by atoms with Crippen molar-refractivity contribution in [2.45, 2.75) is 13.3 Å². The molecule has 0 aliphatic carbocycles. The second kappa shape index (κ2) is 7.16. The number of phenols is 1. The van der Waals surface area contributed by atoms with Gasteiger partial charge in [0.1, 0.15) is 11.5 Å². The van der Waals surface area contributed by atoms with Crippen LogP contribution < -0.4 is 4.74 Å². The predicted molar refractivity (Wildman–Crippen MR) is 99.5 cm³/mol. The number of hydrogen-bond acceptors (Lipinski definition) is 2. The van der Waals surface area contributed by atoms with Gasteiger partial charge in [0, 0.05) is 5.56 Å². The average Bonchev–Trinajstić information content (AvgIpc) is 2.60. The summed E-state index contributed by atoms with van der Waals surface area (Å²) in [6.07, 6.45) is 0.844. The molecule has 1 N–H and O–H groups in total. The van der Waals surface area contributed by atoms with Gasteiger partial charge in [-0.15, -0.1) is 0 Å². The first kappa shape index (κ1) is 16.7. The molecule has 3 aromatic rings. The molecule has 2 nitrogen and oxygen atoms in total. The number of halogens is 2. The minimum atomic E-state index is 0.187. The summed E-state index contributed by atoms with van der Waals surface area (Å²) in [5.74, 6) is 1.16. The van der Waals surface area contributed by atoms with E-state index < -0.39 is 0 Å². The molecule has 0 bridgehead atoms. The Morgan fingerprint density at radius 2 is 1.58 bits per heavy atom. The summed E-state index contributed by atoms with van der Waals surface area (Å²) >= 11 is 12.6. The van der Waals surface area contributed by atoms with E-state index in [2.05, 4.69) is 0 Å². The van der Waals surface area contributed by atoms with E-state index in [1.165, 1.54) is 0 Å². The standard InChI is InChI=1S/C20H16Cl2O2/c1-2-13-10-17(21)20(18(22)11-13)24-15-8-9-19(23)16(12-15)14-6-4-3-5-7-14/h3-12,23H,2H2,1H3. The van der Waals surface area contributed by atoms with Crippen molar-refractivity contribution < 1.29 is 9.84 Å². The van der Waals surface area contributed by atoms with Crippen LogP contribution >= 0.6 is 23.2 Å². The highest BCUT2D eigenvalue weighted by Crippen LogP contribution is 2.40. The Morgan fingerprint density at radius 1 is 0.917 bits per heavy atom. The first-order chi connectivity index (χ1) is 11.6. The molecule has 0 unspecified atom stereocenters. The summed E-state index contributed by atoms with van der Waals surface area (Å²) in [5.41, 5.74) is 2.64. The normalized spacial score (nSPS) is 10.6. The number of phenolic OH excluding ortho intramolecular Hbond substituents is 1. The van der Waals surface area contributed by atoms with Gasteiger partial charge in [-0.2, -0.15) is 0 Å². The van der Waals surface area contributed by atoms with E-state index in [-0.39, 0.29) is 5.75 Å². The van der Waals surface area contributed by atoms with E-state index in [1.807, 2.05) is 49.4 Å². The fourth-order valence-corrected chi connectivity index (χ4v) is 3.07. The minimum absolute atomic E-state index is 0.187. The highest BCUT2D eigenvalue weighted by atomic mass is 35.5. The van der Waals surface area contributed by atoms with Crippen molar-refractivity contribution in [3.63, 3.8) is 0 Å². The zero-order valence-electron chi connectivity index (χ0n) is 13.1. The molecule has 0 fully saturated rings. The van der Waals surface area contributed by atoms with Gasteiger partial charge in [0.2, 0.25) is 0 Å². The van der Waals surface area contributed by atoms with Crippen LogP contribution in [0.5, 0.6) is 17.2 Å². The number of ether oxygens (including phenoxy) is 1. The van der Waals surface area contributed by atoms with Crippen LogP contribution in [0, 0.1) is 0 Å². The monoisotopic (exact) mass is 358 g/mol. The molecule has 0 aliphatic rings. The quantitative estimate of drug-likeness (QED) is 0.560. The predicted octanol–water partition coefficient (Wildman–Crippen LogP) is 6.72. The van der Waals surface area contributed by atoms with E-state index in [0.717, 1.165) is 17.5 Å². The molecular formula is C20H16Cl2O2. The van der Waals surface area contributed by atoms with E-state index in [4.69, 9.17) is 27.9 Å². The Bertz CT molecular complexity index is 838. The average molecular weight is 359 g/mol. The molecule has 0 aromatic heterocycles. The Hall–Kier alpha value is -2.16. The molecule has 4 heteroatoms. The van der Waals surface area contributed by atoms with Crippen LogP contribution in [0.15, 0.2) is 60.7 Å². The molecule has 24 heavy (non-hydrogen) atoms. The van der Waals surface area contributed by atoms with Crippen molar-refractivity contribution in [1.29, 1.82) is 0 Å². The third-order valence-corrected chi connectivity index (χ3v) is 4.30. The summed E-state index contributed by atoms with van der Waals surface area (Å²) in [6, 6.07) is 18.4. The van der Waals surface area contributed by atoms with Crippen LogP contribution in [0.3, 0.4) is 0 Å². The van der Waals surface area contributed by atoms with Crippen molar-refractivity contribution in [2.75, 3.05) is 0 Å². The van der Waals surface area contributed by atoms with Gasteiger partial charge in [-0.25, -0.2) is 0 Å². The number of aromatic hydroxyl groups is 1. The Kier molecular flexibility index (Phi) is 4.98. The summed E-state index contributed by atoms with van der Waals surface area (Å²) in [4.78, 5) is 0. The molecule has 0 heterocycles. The second-order valence-corrected chi connectivity index (χ2v) is 6.20. The van der Waals surface area contributed by atoms with Gasteiger partial charge < -0.3 is 9.84 Å². The zero-order chi connectivity index (χ0) is 17.1. The van der Waals surface area contributed by atoms with Gasteiger partial charge >= 0.3 is 0 Å². The summed E-state index contributed by atoms with van der Waals surface area (Å²) < 4.78 is 5.88. The number of rotatable bonds is 4. The third-order valence-electron chi connectivity index (χ3n) is 3.74. The van der Waals surface area contributed by atoms with Gasteiger partial charge in [-0.1, -0.05) is 60.5 Å². The lowest BCUT2D eigenvalue weighted by atomic mass is 10.0. The summed E-state index contributed by atoms with van der Waals surface area (Å²) in [6.45, 7) is 2.04. The topological polar surface area (TPSA) is 29.5 Å². The first-order valence-electron chi connectivity index (χ1n) is 7.62. The molecule has 0 saturated carbocycles. The minimum Gasteiger partial charge on any atom is -0.507 e. The fraction of sp³-hybridized carbons (Fsp3) is 0.100. The summed E-state index contributed by atoms with van der Waals surface area (Å²) in [7, 11) is 0. The van der Waals surface area contributed by atoms with E-state index >= 15 is 0 Å². The van der Waals surface area contributed by atoms with Gasteiger partial charge in [0.25, 0.3) is 0 Å². The maximum absolute atomic E-state index is 10.1. The Morgan fingerprint density at radius 3 is 2.21 bits per heavy atom. The van der Waals surface area contributed by atoms with Gasteiger partial charge in [-0.05, 0) is 47.9 Å². The van der Waals surface area contributed by atoms with Gasteiger partial charge in [0.05, 0.1) is 10.0 Å². The van der Waals surface area contributed by atoms with Crippen molar-refractivity contribution in [2.24, 2.45) is 0 Å². The van der Waals surface area contributed by atoms with E-state index in [0.29, 0.717) is 27.1 Å². The SMILES string of the molecule is CCc1cc(Cl)c(Oc2ccc(O)c(-c3ccccc3)c2)c(Cl)c1. The third kappa shape index (κ3) is 3.50. The highest BCUT2D eigenvalue weighted by molar-refractivity contribution is 6.37. The molecule has 3 aromatic carbocycles. The highest BCUT2D eigenvalue weighted by Gasteiger charge is 2.12. The van der Waals surface area contributed by atoms with Gasteiger partial charge in [0.15, 0.2) is 5.75 Å². The first-order valence-corrected chi connectivity index (χ1v) is 8.38. The van der Waals surface area contributed by atoms with Crippen LogP contribution in [0.1, 0.15) is 12.5 Å². The lowest BCUT2D eigenvalue weighted by Crippen LogP contribution is -1.90. The van der Waals surface area contributed by atoms with E-state index in [1.54, 1.807) is 18.2 Å². The molecule has 0 amide bonds. The molecule has 0 saturated heterocycles.